The van der Waals surface area contributed by atoms with Gasteiger partial charge in [0, 0.05) is 27.4 Å². The lowest BCUT2D eigenvalue weighted by Gasteiger charge is -2.12. The minimum atomic E-state index is -0.362. The summed E-state index contributed by atoms with van der Waals surface area (Å²) in [7, 11) is 0. The number of hydrogen-bond acceptors (Lipinski definition) is 3. The Morgan fingerprint density at radius 3 is 1.85 bits per heavy atom. The Bertz CT molecular complexity index is 898. The summed E-state index contributed by atoms with van der Waals surface area (Å²) in [6.45, 7) is 0. The molecule has 0 aliphatic heterocycles. The molecule has 0 unspecified atom stereocenters. The first-order valence-corrected chi connectivity index (χ1v) is 8.36. The van der Waals surface area contributed by atoms with Crippen molar-refractivity contribution >= 4 is 46.4 Å². The van der Waals surface area contributed by atoms with E-state index in [0.29, 0.717) is 32.5 Å². The van der Waals surface area contributed by atoms with E-state index >= 15 is 0 Å². The number of aromatic nitrogens is 1. The number of anilines is 2. The number of nitrogens with zero attached hydrogens (tertiary/aromatic N) is 1. The van der Waals surface area contributed by atoms with Crippen LogP contribution in [0.2, 0.25) is 10.0 Å². The van der Waals surface area contributed by atoms with Gasteiger partial charge in [-0.3, -0.25) is 14.6 Å². The van der Waals surface area contributed by atoms with Gasteiger partial charge in [0.2, 0.25) is 0 Å². The zero-order valence-corrected chi connectivity index (χ0v) is 14.9. The van der Waals surface area contributed by atoms with Gasteiger partial charge in [0.15, 0.2) is 0 Å². The first-order valence-electron chi connectivity index (χ1n) is 7.61. The van der Waals surface area contributed by atoms with E-state index in [0.717, 1.165) is 0 Å². The van der Waals surface area contributed by atoms with Gasteiger partial charge >= 0.3 is 0 Å². The first-order chi connectivity index (χ1) is 12.5. The van der Waals surface area contributed by atoms with Gasteiger partial charge in [0.1, 0.15) is 0 Å². The Balaban J connectivity index is 1.80. The standard InChI is InChI=1S/C19H13Cl2N3O2/c20-14-5-1-3-12(9-14)18(25)23-16-7-8-22-11-17(16)24-19(26)13-4-2-6-15(21)10-13/h1-11H,(H,24,26)(H,22,23,25). The van der Waals surface area contributed by atoms with Crippen LogP contribution in [-0.4, -0.2) is 16.8 Å². The lowest BCUT2D eigenvalue weighted by atomic mass is 10.2. The third-order valence-electron chi connectivity index (χ3n) is 3.49. The minimum absolute atomic E-state index is 0.350. The van der Waals surface area contributed by atoms with Gasteiger partial charge < -0.3 is 10.6 Å². The van der Waals surface area contributed by atoms with Crippen LogP contribution in [0.3, 0.4) is 0 Å². The monoisotopic (exact) mass is 385 g/mol. The van der Waals surface area contributed by atoms with Crippen LogP contribution in [0.5, 0.6) is 0 Å². The molecule has 3 rings (SSSR count). The average molecular weight is 386 g/mol. The third-order valence-corrected chi connectivity index (χ3v) is 3.96. The van der Waals surface area contributed by atoms with E-state index in [4.69, 9.17) is 23.2 Å². The van der Waals surface area contributed by atoms with Crippen molar-refractivity contribution in [3.8, 4) is 0 Å². The second kappa shape index (κ2) is 7.99. The molecule has 2 amide bonds. The maximum absolute atomic E-state index is 12.4. The highest BCUT2D eigenvalue weighted by Crippen LogP contribution is 2.22. The van der Waals surface area contributed by atoms with E-state index in [1.807, 2.05) is 0 Å². The van der Waals surface area contributed by atoms with Crippen LogP contribution >= 0.6 is 23.2 Å². The molecule has 0 fully saturated rings. The molecule has 1 aromatic heterocycles. The van der Waals surface area contributed by atoms with Crippen LogP contribution in [0.4, 0.5) is 11.4 Å². The third kappa shape index (κ3) is 4.39. The summed E-state index contributed by atoms with van der Waals surface area (Å²) in [5.41, 5.74) is 1.59. The van der Waals surface area contributed by atoms with Crippen molar-refractivity contribution in [3.63, 3.8) is 0 Å². The molecule has 0 bridgehead atoms. The van der Waals surface area contributed by atoms with E-state index in [-0.39, 0.29) is 11.8 Å². The van der Waals surface area contributed by atoms with Crippen LogP contribution < -0.4 is 10.6 Å². The molecule has 0 aliphatic carbocycles. The lowest BCUT2D eigenvalue weighted by Crippen LogP contribution is -2.17. The molecule has 2 N–H and O–H groups in total. The second-order valence-electron chi connectivity index (χ2n) is 5.35. The van der Waals surface area contributed by atoms with Crippen molar-refractivity contribution in [1.82, 2.24) is 4.98 Å². The number of hydrogen-bond donors (Lipinski definition) is 2. The largest absolute Gasteiger partial charge is 0.320 e. The molecular formula is C19H13Cl2N3O2. The Kier molecular flexibility index (Phi) is 5.51. The highest BCUT2D eigenvalue weighted by Gasteiger charge is 2.13. The highest BCUT2D eigenvalue weighted by atomic mass is 35.5. The molecule has 5 nitrogen and oxygen atoms in total. The SMILES string of the molecule is O=C(Nc1ccncc1NC(=O)c1cccc(Cl)c1)c1cccc(Cl)c1. The lowest BCUT2D eigenvalue weighted by molar-refractivity contribution is 0.101. The normalized spacial score (nSPS) is 10.2. The van der Waals surface area contributed by atoms with Gasteiger partial charge in [0.25, 0.3) is 11.8 Å². The maximum atomic E-state index is 12.4. The van der Waals surface area contributed by atoms with E-state index in [1.54, 1.807) is 54.6 Å². The van der Waals surface area contributed by atoms with Crippen LogP contribution in [0, 0.1) is 0 Å². The van der Waals surface area contributed by atoms with Crippen molar-refractivity contribution in [1.29, 1.82) is 0 Å². The summed E-state index contributed by atoms with van der Waals surface area (Å²) < 4.78 is 0. The Hall–Kier alpha value is -2.89. The number of nitrogens with one attached hydrogen (secondary N) is 2. The molecule has 7 heteroatoms. The highest BCUT2D eigenvalue weighted by molar-refractivity contribution is 6.31. The number of carbonyl (C=O) groups excluding carboxylic acids is 2. The predicted octanol–water partition coefficient (Wildman–Crippen LogP) is 4.89. The summed E-state index contributed by atoms with van der Waals surface area (Å²) in [5, 5.41) is 6.38. The molecule has 0 atom stereocenters. The summed E-state index contributed by atoms with van der Waals surface area (Å²) in [6.07, 6.45) is 2.97. The molecule has 0 saturated heterocycles. The zero-order valence-electron chi connectivity index (χ0n) is 13.4. The smallest absolute Gasteiger partial charge is 0.255 e. The van der Waals surface area contributed by atoms with Gasteiger partial charge in [-0.05, 0) is 42.5 Å². The molecule has 26 heavy (non-hydrogen) atoms. The van der Waals surface area contributed by atoms with Gasteiger partial charge in [-0.2, -0.15) is 0 Å². The van der Waals surface area contributed by atoms with Crippen molar-refractivity contribution in [3.05, 3.63) is 88.2 Å². The van der Waals surface area contributed by atoms with Gasteiger partial charge in [0.05, 0.1) is 17.6 Å². The van der Waals surface area contributed by atoms with Crippen LogP contribution in [0.25, 0.3) is 0 Å². The molecule has 3 aromatic rings. The van der Waals surface area contributed by atoms with Crippen LogP contribution in [0.1, 0.15) is 20.7 Å². The maximum Gasteiger partial charge on any atom is 0.255 e. The fourth-order valence-electron chi connectivity index (χ4n) is 2.25. The number of halogens is 2. The topological polar surface area (TPSA) is 71.1 Å². The van der Waals surface area contributed by atoms with Gasteiger partial charge in [-0.1, -0.05) is 35.3 Å². The minimum Gasteiger partial charge on any atom is -0.320 e. The van der Waals surface area contributed by atoms with Crippen molar-refractivity contribution in [2.75, 3.05) is 10.6 Å². The first kappa shape index (κ1) is 17.9. The second-order valence-corrected chi connectivity index (χ2v) is 6.22. The number of benzene rings is 2. The van der Waals surface area contributed by atoms with Crippen molar-refractivity contribution < 1.29 is 9.59 Å². The Labute approximate surface area is 160 Å². The van der Waals surface area contributed by atoms with Crippen LogP contribution in [-0.2, 0) is 0 Å². The van der Waals surface area contributed by atoms with E-state index < -0.39 is 0 Å². The van der Waals surface area contributed by atoms with Crippen LogP contribution in [0.15, 0.2) is 67.0 Å². The molecule has 1 heterocycles. The Morgan fingerprint density at radius 1 is 0.769 bits per heavy atom. The molecule has 0 spiro atoms. The molecule has 0 aliphatic rings. The number of carbonyl (C=O) groups is 2. The van der Waals surface area contributed by atoms with Crippen molar-refractivity contribution in [2.45, 2.75) is 0 Å². The number of amides is 2. The van der Waals surface area contributed by atoms with E-state index in [2.05, 4.69) is 15.6 Å². The molecular weight excluding hydrogens is 373 g/mol. The summed E-state index contributed by atoms with van der Waals surface area (Å²) in [5.74, 6) is -0.712. The van der Waals surface area contributed by atoms with Gasteiger partial charge in [-0.25, -0.2) is 0 Å². The van der Waals surface area contributed by atoms with Gasteiger partial charge in [-0.15, -0.1) is 0 Å². The Morgan fingerprint density at radius 2 is 1.31 bits per heavy atom. The fourth-order valence-corrected chi connectivity index (χ4v) is 2.63. The van der Waals surface area contributed by atoms with E-state index in [9.17, 15) is 9.59 Å². The number of rotatable bonds is 4. The zero-order chi connectivity index (χ0) is 18.5. The molecule has 0 saturated carbocycles. The summed E-state index contributed by atoms with van der Waals surface area (Å²) in [4.78, 5) is 28.8. The van der Waals surface area contributed by atoms with E-state index in [1.165, 1.54) is 12.4 Å². The summed E-state index contributed by atoms with van der Waals surface area (Å²) >= 11 is 11.8. The van der Waals surface area contributed by atoms with Crippen molar-refractivity contribution in [2.24, 2.45) is 0 Å². The molecule has 0 radical (unpaired) electrons. The number of pyridine rings is 1. The average Bonchev–Trinajstić information content (AvgIpc) is 2.63. The fraction of sp³-hybridized carbons (Fsp3) is 0. The molecule has 130 valence electrons. The predicted molar refractivity (Wildman–Crippen MR) is 103 cm³/mol. The molecule has 2 aromatic carbocycles. The quantitative estimate of drug-likeness (QED) is 0.671. The summed E-state index contributed by atoms with van der Waals surface area (Å²) in [6, 6.07) is 14.7.